The van der Waals surface area contributed by atoms with Gasteiger partial charge in [-0.1, -0.05) is 28.6 Å². The molecule has 0 aliphatic rings. The van der Waals surface area contributed by atoms with Crippen LogP contribution in [0.15, 0.2) is 45.2 Å². The molecule has 0 aliphatic carbocycles. The third-order valence-electron chi connectivity index (χ3n) is 4.03. The Balaban J connectivity index is 1.87. The first-order valence-electron chi connectivity index (χ1n) is 9.41. The van der Waals surface area contributed by atoms with Gasteiger partial charge in [0.15, 0.2) is 5.69 Å². The van der Waals surface area contributed by atoms with E-state index in [1.807, 2.05) is 6.07 Å². The number of amides is 1. The number of para-hydroxylation sites is 1. The Hall–Kier alpha value is -4.82. The summed E-state index contributed by atoms with van der Waals surface area (Å²) < 4.78 is 16.2. The quantitative estimate of drug-likeness (QED) is 0.172. The zero-order valence-electron chi connectivity index (χ0n) is 17.5. The number of oxime groups is 1. The Morgan fingerprint density at radius 2 is 2.03 bits per heavy atom. The topological polar surface area (TPSA) is 205 Å². The number of hydrazone groups is 1. The second-order valence-electron chi connectivity index (χ2n) is 6.18. The van der Waals surface area contributed by atoms with E-state index in [0.717, 1.165) is 4.68 Å². The predicted molar refractivity (Wildman–Crippen MR) is 111 cm³/mol. The number of nitrogens with zero attached hydrogens (tertiary/aromatic N) is 7. The highest BCUT2D eigenvalue weighted by Gasteiger charge is 2.25. The lowest BCUT2D eigenvalue weighted by molar-refractivity contribution is -0.134. The molecule has 3 rings (SSSR count). The fourth-order valence-corrected chi connectivity index (χ4v) is 2.48. The van der Waals surface area contributed by atoms with Crippen LogP contribution < -0.4 is 15.9 Å². The lowest BCUT2D eigenvalue weighted by atomic mass is 10.2. The molecule has 0 saturated carbocycles. The summed E-state index contributed by atoms with van der Waals surface area (Å²) in [6.45, 7) is 2.83. The zero-order chi connectivity index (χ0) is 23.8. The molecule has 0 fully saturated rings. The molecule has 0 unspecified atom stereocenters. The lowest BCUT2D eigenvalue weighted by Gasteiger charge is -2.08. The maximum atomic E-state index is 12.8. The molecule has 15 nitrogen and oxygen atoms in total. The number of anilines is 1. The van der Waals surface area contributed by atoms with Crippen molar-refractivity contribution in [3.63, 3.8) is 0 Å². The minimum Gasteiger partial charge on any atom is -0.487 e. The van der Waals surface area contributed by atoms with E-state index in [1.165, 1.54) is 6.92 Å². The van der Waals surface area contributed by atoms with E-state index in [2.05, 4.69) is 40.9 Å². The van der Waals surface area contributed by atoms with Gasteiger partial charge in [0, 0.05) is 0 Å². The summed E-state index contributed by atoms with van der Waals surface area (Å²) >= 11 is 0. The van der Waals surface area contributed by atoms with Crippen LogP contribution in [0, 0.1) is 0 Å². The Kier molecular flexibility index (Phi) is 7.25. The fraction of sp³-hybridized carbons (Fsp3) is 0.222. The van der Waals surface area contributed by atoms with E-state index in [-0.39, 0.29) is 41.9 Å². The van der Waals surface area contributed by atoms with Gasteiger partial charge in [0.2, 0.25) is 17.3 Å². The third-order valence-corrected chi connectivity index (χ3v) is 4.03. The van der Waals surface area contributed by atoms with Crippen molar-refractivity contribution >= 4 is 29.1 Å². The molecule has 0 saturated heterocycles. The van der Waals surface area contributed by atoms with Gasteiger partial charge in [-0.25, -0.2) is 14.8 Å². The van der Waals surface area contributed by atoms with Crippen LogP contribution in [0.5, 0.6) is 5.75 Å². The van der Waals surface area contributed by atoms with E-state index >= 15 is 0 Å². The first-order valence-corrected chi connectivity index (χ1v) is 9.41. The second kappa shape index (κ2) is 10.5. The largest absolute Gasteiger partial charge is 0.487 e. The molecule has 1 aromatic carbocycles. The van der Waals surface area contributed by atoms with Crippen molar-refractivity contribution in [3.8, 4) is 11.6 Å². The normalized spacial score (nSPS) is 11.8. The maximum absolute atomic E-state index is 12.8. The van der Waals surface area contributed by atoms with Crippen LogP contribution >= 0.6 is 0 Å². The van der Waals surface area contributed by atoms with Gasteiger partial charge in [-0.15, -0.1) is 5.10 Å². The number of carbonyl (C=O) groups excluding carboxylic acids is 2. The first kappa shape index (κ1) is 22.9. The average molecular weight is 457 g/mol. The molecule has 172 valence electrons. The molecule has 3 aromatic rings. The van der Waals surface area contributed by atoms with Gasteiger partial charge in [-0.2, -0.15) is 9.78 Å². The number of ether oxygens (including phenoxy) is 2. The van der Waals surface area contributed by atoms with Crippen molar-refractivity contribution in [2.24, 2.45) is 10.3 Å². The molecule has 4 N–H and O–H groups in total. The van der Waals surface area contributed by atoms with Crippen LogP contribution in [0.25, 0.3) is 5.82 Å². The average Bonchev–Trinajstić information content (AvgIpc) is 3.43. The predicted octanol–water partition coefficient (Wildman–Crippen LogP) is 0.311. The summed E-state index contributed by atoms with van der Waals surface area (Å²) in [5.41, 5.74) is 7.34. The van der Waals surface area contributed by atoms with Crippen molar-refractivity contribution < 1.29 is 28.9 Å². The summed E-state index contributed by atoms with van der Waals surface area (Å²) in [7, 11) is 0. The number of hydrogen-bond acceptors (Lipinski definition) is 13. The number of nitrogen functional groups attached to an aromatic ring is 1. The highest BCUT2D eigenvalue weighted by atomic mass is 16.6. The van der Waals surface area contributed by atoms with Crippen LogP contribution in [-0.4, -0.2) is 60.4 Å². The Bertz CT molecular complexity index is 1190. The Labute approximate surface area is 185 Å². The standard InChI is InChI=1S/C18H19N9O6/c1-3-31-18(29)13(23-30)10(2)20-22-17(28)14-12(9-32-11-7-5-4-6-8-11)27(26-21-14)16-15(19)24-33-25-16/h4-8,30H,3,9H2,1-2H3,(H2,19,24)(H,22,28)/b20-10+,23-13-. The lowest BCUT2D eigenvalue weighted by Crippen LogP contribution is -2.28. The van der Waals surface area contributed by atoms with Crippen LogP contribution in [0.2, 0.25) is 0 Å². The smallest absolute Gasteiger partial charge is 0.362 e. The Morgan fingerprint density at radius 3 is 2.67 bits per heavy atom. The maximum Gasteiger partial charge on any atom is 0.362 e. The summed E-state index contributed by atoms with van der Waals surface area (Å²) in [4.78, 5) is 24.5. The van der Waals surface area contributed by atoms with E-state index in [1.54, 1.807) is 31.2 Å². The molecule has 2 heterocycles. The van der Waals surface area contributed by atoms with Gasteiger partial charge >= 0.3 is 5.97 Å². The summed E-state index contributed by atoms with van der Waals surface area (Å²) in [6, 6.07) is 8.82. The summed E-state index contributed by atoms with van der Waals surface area (Å²) in [5, 5.41) is 30.5. The molecule has 33 heavy (non-hydrogen) atoms. The van der Waals surface area contributed by atoms with Crippen LogP contribution in [0.4, 0.5) is 5.82 Å². The number of nitrogens with one attached hydrogen (secondary N) is 1. The molecular weight excluding hydrogens is 438 g/mol. The molecule has 0 atom stereocenters. The van der Waals surface area contributed by atoms with Gasteiger partial charge in [0.05, 0.1) is 12.3 Å². The van der Waals surface area contributed by atoms with Crippen LogP contribution in [0.3, 0.4) is 0 Å². The fourth-order valence-electron chi connectivity index (χ4n) is 2.48. The van der Waals surface area contributed by atoms with Gasteiger partial charge < -0.3 is 20.4 Å². The number of aromatic nitrogens is 5. The highest BCUT2D eigenvalue weighted by molar-refractivity contribution is 6.65. The van der Waals surface area contributed by atoms with Gasteiger partial charge in [0.1, 0.15) is 18.1 Å². The van der Waals surface area contributed by atoms with Crippen molar-refractivity contribution in [2.75, 3.05) is 12.3 Å². The number of hydrogen-bond donors (Lipinski definition) is 3. The van der Waals surface area contributed by atoms with Crippen molar-refractivity contribution in [3.05, 3.63) is 41.7 Å². The van der Waals surface area contributed by atoms with Crippen LogP contribution in [0.1, 0.15) is 30.0 Å². The van der Waals surface area contributed by atoms with E-state index in [9.17, 15) is 9.59 Å². The van der Waals surface area contributed by atoms with Gasteiger partial charge in [-0.05, 0) is 36.3 Å². The van der Waals surface area contributed by atoms with Gasteiger partial charge in [-0.3, -0.25) is 4.79 Å². The molecule has 2 aromatic heterocycles. The zero-order valence-corrected chi connectivity index (χ0v) is 17.5. The number of benzene rings is 1. The number of nitrogens with two attached hydrogens (primary N) is 1. The second-order valence-corrected chi connectivity index (χ2v) is 6.18. The van der Waals surface area contributed by atoms with E-state index in [0.29, 0.717) is 5.75 Å². The minimum absolute atomic E-state index is 0.00454. The first-order chi connectivity index (χ1) is 16.0. The van der Waals surface area contributed by atoms with E-state index in [4.69, 9.17) is 20.4 Å². The highest BCUT2D eigenvalue weighted by Crippen LogP contribution is 2.18. The molecule has 1 amide bonds. The van der Waals surface area contributed by atoms with Crippen molar-refractivity contribution in [2.45, 2.75) is 20.5 Å². The number of esters is 1. The monoisotopic (exact) mass is 457 g/mol. The van der Waals surface area contributed by atoms with Gasteiger partial charge in [0.25, 0.3) is 5.91 Å². The van der Waals surface area contributed by atoms with E-state index < -0.39 is 17.6 Å². The van der Waals surface area contributed by atoms with Crippen molar-refractivity contribution in [1.29, 1.82) is 0 Å². The minimum atomic E-state index is -0.910. The third kappa shape index (κ3) is 5.27. The SMILES string of the molecule is CCOC(=O)C(=N\O)/C(C)=N/NC(=O)c1nnn(-c2nonc2N)c1COc1ccccc1. The molecule has 0 bridgehead atoms. The molecule has 0 aliphatic heterocycles. The molecule has 15 heteroatoms. The summed E-state index contributed by atoms with van der Waals surface area (Å²) in [6.07, 6.45) is 0. The number of carbonyl (C=O) groups is 2. The molecular formula is C18H19N9O6. The molecule has 0 radical (unpaired) electrons. The number of rotatable bonds is 9. The molecule has 0 spiro atoms. The van der Waals surface area contributed by atoms with Crippen LogP contribution in [-0.2, 0) is 16.1 Å². The Morgan fingerprint density at radius 1 is 1.27 bits per heavy atom. The van der Waals surface area contributed by atoms with Crippen molar-refractivity contribution in [1.82, 2.24) is 30.7 Å². The summed E-state index contributed by atoms with van der Waals surface area (Å²) in [5.74, 6) is -1.27.